The van der Waals surface area contributed by atoms with E-state index in [2.05, 4.69) is 15.0 Å². The van der Waals surface area contributed by atoms with Gasteiger partial charge in [0, 0.05) is 24.6 Å². The maximum atomic E-state index is 8.95. The number of nitrogens with zero attached hydrogens (tertiary/aromatic N) is 2. The molecule has 98 valence electrons. The van der Waals surface area contributed by atoms with Gasteiger partial charge in [0.1, 0.15) is 11.3 Å². The molecule has 3 rings (SSSR count). The second-order valence-electron chi connectivity index (χ2n) is 4.55. The standard InChI is InChI=1S/C14H15N3O2/c1-8-14(17-13(15-8)5-6-18)10-3-4-11-12(7-10)19-9(2)16-11/h3-4,7,18H,5-6H2,1-2H3,(H,15,17). The number of nitrogens with one attached hydrogen (secondary N) is 1. The summed E-state index contributed by atoms with van der Waals surface area (Å²) in [6, 6.07) is 5.86. The van der Waals surface area contributed by atoms with Crippen molar-refractivity contribution >= 4 is 11.1 Å². The van der Waals surface area contributed by atoms with E-state index in [0.29, 0.717) is 12.3 Å². The first-order valence-corrected chi connectivity index (χ1v) is 6.21. The van der Waals surface area contributed by atoms with Crippen LogP contribution in [0.3, 0.4) is 0 Å². The predicted octanol–water partition coefficient (Wildman–Crippen LogP) is 2.37. The van der Waals surface area contributed by atoms with Crippen molar-refractivity contribution in [3.63, 3.8) is 0 Å². The van der Waals surface area contributed by atoms with Gasteiger partial charge in [-0.15, -0.1) is 0 Å². The molecule has 0 spiro atoms. The van der Waals surface area contributed by atoms with Gasteiger partial charge in [-0.2, -0.15) is 0 Å². The molecular formula is C14H15N3O2. The molecular weight excluding hydrogens is 242 g/mol. The van der Waals surface area contributed by atoms with Gasteiger partial charge in [0.2, 0.25) is 0 Å². The quantitative estimate of drug-likeness (QED) is 0.755. The summed E-state index contributed by atoms with van der Waals surface area (Å²) >= 11 is 0. The first-order valence-electron chi connectivity index (χ1n) is 6.21. The van der Waals surface area contributed by atoms with E-state index < -0.39 is 0 Å². The van der Waals surface area contributed by atoms with Crippen LogP contribution in [-0.4, -0.2) is 26.7 Å². The molecule has 0 aliphatic rings. The number of aliphatic hydroxyl groups is 1. The third kappa shape index (κ3) is 2.13. The van der Waals surface area contributed by atoms with Crippen molar-refractivity contribution in [1.29, 1.82) is 0 Å². The van der Waals surface area contributed by atoms with Crippen LogP contribution in [0.15, 0.2) is 22.6 Å². The van der Waals surface area contributed by atoms with E-state index >= 15 is 0 Å². The average molecular weight is 257 g/mol. The number of H-pyrrole nitrogens is 1. The highest BCUT2D eigenvalue weighted by Gasteiger charge is 2.11. The molecule has 0 atom stereocenters. The molecule has 19 heavy (non-hydrogen) atoms. The van der Waals surface area contributed by atoms with Crippen LogP contribution in [0.1, 0.15) is 17.4 Å². The number of hydrogen-bond donors (Lipinski definition) is 2. The molecule has 0 amide bonds. The molecule has 0 saturated carbocycles. The highest BCUT2D eigenvalue weighted by Crippen LogP contribution is 2.26. The monoisotopic (exact) mass is 257 g/mol. The predicted molar refractivity (Wildman–Crippen MR) is 71.9 cm³/mol. The van der Waals surface area contributed by atoms with Gasteiger partial charge >= 0.3 is 0 Å². The Morgan fingerprint density at radius 1 is 1.26 bits per heavy atom. The van der Waals surface area contributed by atoms with Crippen molar-refractivity contribution in [2.45, 2.75) is 20.3 Å². The molecule has 5 heteroatoms. The molecule has 0 unspecified atom stereocenters. The van der Waals surface area contributed by atoms with Crippen molar-refractivity contribution in [2.24, 2.45) is 0 Å². The van der Waals surface area contributed by atoms with Crippen molar-refractivity contribution < 1.29 is 9.52 Å². The van der Waals surface area contributed by atoms with E-state index in [9.17, 15) is 0 Å². The smallest absolute Gasteiger partial charge is 0.192 e. The summed E-state index contributed by atoms with van der Waals surface area (Å²) in [5.74, 6) is 1.45. The number of aromatic nitrogens is 3. The lowest BCUT2D eigenvalue weighted by Gasteiger charge is -1.97. The van der Waals surface area contributed by atoms with Gasteiger partial charge < -0.3 is 14.5 Å². The summed E-state index contributed by atoms with van der Waals surface area (Å²) in [5, 5.41) is 8.95. The maximum Gasteiger partial charge on any atom is 0.192 e. The topological polar surface area (TPSA) is 74.9 Å². The first kappa shape index (κ1) is 11.9. The number of aryl methyl sites for hydroxylation is 2. The normalized spacial score (nSPS) is 11.3. The zero-order valence-corrected chi connectivity index (χ0v) is 10.9. The third-order valence-corrected chi connectivity index (χ3v) is 3.05. The zero-order valence-electron chi connectivity index (χ0n) is 10.9. The Balaban J connectivity index is 2.07. The Kier molecular flexibility index (Phi) is 2.83. The molecule has 5 nitrogen and oxygen atoms in total. The maximum absolute atomic E-state index is 8.95. The lowest BCUT2D eigenvalue weighted by atomic mass is 10.1. The highest BCUT2D eigenvalue weighted by atomic mass is 16.3. The molecule has 0 bridgehead atoms. The lowest BCUT2D eigenvalue weighted by Crippen LogP contribution is -1.92. The minimum Gasteiger partial charge on any atom is -0.441 e. The molecule has 0 aliphatic heterocycles. The molecule has 3 aromatic rings. The van der Waals surface area contributed by atoms with Gasteiger partial charge in [0.05, 0.1) is 12.3 Å². The average Bonchev–Trinajstić information content (AvgIpc) is 2.90. The summed E-state index contributed by atoms with van der Waals surface area (Å²) in [5.41, 5.74) is 4.48. The van der Waals surface area contributed by atoms with Crippen LogP contribution in [0.2, 0.25) is 0 Å². The Hall–Kier alpha value is -2.14. The van der Waals surface area contributed by atoms with Crippen LogP contribution in [0.25, 0.3) is 22.4 Å². The second-order valence-corrected chi connectivity index (χ2v) is 4.55. The van der Waals surface area contributed by atoms with Gasteiger partial charge in [-0.05, 0) is 19.1 Å². The van der Waals surface area contributed by atoms with E-state index in [1.54, 1.807) is 0 Å². The molecule has 2 aromatic heterocycles. The van der Waals surface area contributed by atoms with E-state index in [1.807, 2.05) is 32.0 Å². The largest absolute Gasteiger partial charge is 0.441 e. The number of hydrogen-bond acceptors (Lipinski definition) is 4. The zero-order chi connectivity index (χ0) is 13.4. The minimum atomic E-state index is 0.0900. The molecule has 0 aliphatic carbocycles. The molecule has 0 fully saturated rings. The number of fused-ring (bicyclic) bond motifs is 1. The highest BCUT2D eigenvalue weighted by molar-refractivity contribution is 5.79. The summed E-state index contributed by atoms with van der Waals surface area (Å²) in [6.07, 6.45) is 0.532. The summed E-state index contributed by atoms with van der Waals surface area (Å²) < 4.78 is 5.54. The van der Waals surface area contributed by atoms with Crippen molar-refractivity contribution in [1.82, 2.24) is 15.0 Å². The van der Waals surface area contributed by atoms with E-state index in [-0.39, 0.29) is 6.61 Å². The van der Waals surface area contributed by atoms with Crippen LogP contribution in [-0.2, 0) is 6.42 Å². The van der Waals surface area contributed by atoms with Crippen LogP contribution in [0, 0.1) is 13.8 Å². The second kappa shape index (κ2) is 4.51. The van der Waals surface area contributed by atoms with Crippen molar-refractivity contribution in [2.75, 3.05) is 6.61 Å². The number of benzene rings is 1. The molecule has 0 radical (unpaired) electrons. The SMILES string of the molecule is Cc1nc2ccc(-c3nc(CCO)[nH]c3C)cc2o1. The van der Waals surface area contributed by atoms with E-state index in [0.717, 1.165) is 33.9 Å². The Bertz CT molecular complexity index is 727. The summed E-state index contributed by atoms with van der Waals surface area (Å²) in [4.78, 5) is 12.0. The fourth-order valence-corrected chi connectivity index (χ4v) is 2.21. The fraction of sp³-hybridized carbons (Fsp3) is 0.286. The molecule has 2 heterocycles. The summed E-state index contributed by atoms with van der Waals surface area (Å²) in [6.45, 7) is 3.89. The molecule has 2 N–H and O–H groups in total. The Labute approximate surface area is 110 Å². The molecule has 1 aromatic carbocycles. The van der Waals surface area contributed by atoms with E-state index in [4.69, 9.17) is 9.52 Å². The van der Waals surface area contributed by atoms with Crippen LogP contribution in [0.5, 0.6) is 0 Å². The number of imidazole rings is 1. The Morgan fingerprint density at radius 3 is 2.89 bits per heavy atom. The summed E-state index contributed by atoms with van der Waals surface area (Å²) in [7, 11) is 0. The van der Waals surface area contributed by atoms with Crippen LogP contribution < -0.4 is 0 Å². The lowest BCUT2D eigenvalue weighted by molar-refractivity contribution is 0.297. The molecule has 0 saturated heterocycles. The Morgan fingerprint density at radius 2 is 2.11 bits per heavy atom. The third-order valence-electron chi connectivity index (χ3n) is 3.05. The van der Waals surface area contributed by atoms with Crippen molar-refractivity contribution in [3.05, 3.63) is 35.6 Å². The van der Waals surface area contributed by atoms with Crippen LogP contribution >= 0.6 is 0 Å². The van der Waals surface area contributed by atoms with E-state index in [1.165, 1.54) is 0 Å². The first-order chi connectivity index (χ1) is 9.17. The van der Waals surface area contributed by atoms with Gasteiger partial charge in [0.15, 0.2) is 11.5 Å². The number of oxazole rings is 1. The number of rotatable bonds is 3. The number of aliphatic hydroxyl groups excluding tert-OH is 1. The van der Waals surface area contributed by atoms with Crippen LogP contribution in [0.4, 0.5) is 0 Å². The van der Waals surface area contributed by atoms with Gasteiger partial charge in [-0.25, -0.2) is 9.97 Å². The van der Waals surface area contributed by atoms with Gasteiger partial charge in [0.25, 0.3) is 0 Å². The fourth-order valence-electron chi connectivity index (χ4n) is 2.21. The number of aromatic amines is 1. The van der Waals surface area contributed by atoms with Crippen molar-refractivity contribution in [3.8, 4) is 11.3 Å². The minimum absolute atomic E-state index is 0.0900. The van der Waals surface area contributed by atoms with Gasteiger partial charge in [-0.3, -0.25) is 0 Å². The van der Waals surface area contributed by atoms with Gasteiger partial charge in [-0.1, -0.05) is 6.07 Å².